The highest BCUT2D eigenvalue weighted by atomic mass is 16.8. The topological polar surface area (TPSA) is 341 Å². The van der Waals surface area contributed by atoms with Crippen molar-refractivity contribution in [1.82, 2.24) is 5.32 Å². The van der Waals surface area contributed by atoms with Gasteiger partial charge in [0.25, 0.3) is 0 Å². The van der Waals surface area contributed by atoms with E-state index in [2.05, 4.69) is 25.2 Å². The van der Waals surface area contributed by atoms with E-state index in [1.807, 2.05) is 39.8 Å². The van der Waals surface area contributed by atoms with Crippen LogP contribution in [0, 0.1) is 51.0 Å². The summed E-state index contributed by atoms with van der Waals surface area (Å²) >= 11 is 0. The fourth-order valence-corrected chi connectivity index (χ4v) is 16.9. The van der Waals surface area contributed by atoms with Crippen LogP contribution in [0.1, 0.15) is 147 Å². The van der Waals surface area contributed by atoms with Gasteiger partial charge in [0.15, 0.2) is 43.2 Å². The third-order valence-corrected chi connectivity index (χ3v) is 21.7. The van der Waals surface area contributed by atoms with Crippen LogP contribution in [0.5, 0.6) is 0 Å². The van der Waals surface area contributed by atoms with E-state index < -0.39 is 210 Å². The Morgan fingerprint density at radius 1 is 0.720 bits per heavy atom. The van der Waals surface area contributed by atoms with Gasteiger partial charge in [-0.15, -0.1) is 0 Å². The Kier molecular flexibility index (Phi) is 21.4. The number of methoxy groups -OCH3 is 1. The molecule has 518 valence electrons. The minimum Gasteiger partial charge on any atom is -0.511 e. The molecule has 1 spiro atoms. The number of nitrogens with zero attached hydrogens (tertiary/aromatic N) is 1. The summed E-state index contributed by atoms with van der Waals surface area (Å²) in [4.78, 5) is 80.4. The number of carbonyl (C=O) groups is 5. The highest BCUT2D eigenvalue weighted by Gasteiger charge is 2.65. The van der Waals surface area contributed by atoms with Crippen molar-refractivity contribution in [3.8, 4) is 0 Å². The first-order valence-electron chi connectivity index (χ1n) is 33.1. The number of Topliss-reactive ketones (excluding diaryl/α,β-unsaturated/α-hetero) is 1. The zero-order valence-corrected chi connectivity index (χ0v) is 55.4. The first kappa shape index (κ1) is 70.7. The molecule has 0 radical (unpaired) electrons. The number of rotatable bonds is 14. The number of hydrogen-bond donors (Lipinski definition) is 5. The van der Waals surface area contributed by atoms with E-state index in [0.717, 1.165) is 7.11 Å². The quantitative estimate of drug-likeness (QED) is 0.0240. The van der Waals surface area contributed by atoms with E-state index in [1.54, 1.807) is 33.8 Å². The molecule has 6 aliphatic heterocycles. The molecule has 26 nitrogen and oxygen atoms in total. The van der Waals surface area contributed by atoms with Crippen LogP contribution in [0.4, 0.5) is 4.79 Å². The number of aliphatic hydroxyl groups is 4. The fourth-order valence-electron chi connectivity index (χ4n) is 16.9. The highest BCUT2D eigenvalue weighted by Crippen LogP contribution is 2.61. The van der Waals surface area contributed by atoms with Gasteiger partial charge in [0, 0.05) is 68.1 Å². The summed E-state index contributed by atoms with van der Waals surface area (Å²) in [6.07, 6.45) is -4.21. The lowest BCUT2D eigenvalue weighted by molar-refractivity contribution is -0.584. The van der Waals surface area contributed by atoms with Gasteiger partial charge in [0.05, 0.1) is 86.6 Å². The van der Waals surface area contributed by atoms with Crippen molar-refractivity contribution in [3.05, 3.63) is 68.5 Å². The number of esters is 2. The summed E-state index contributed by atoms with van der Waals surface area (Å²) in [6.45, 7) is 21.0. The van der Waals surface area contributed by atoms with Gasteiger partial charge in [0.1, 0.15) is 35.9 Å². The molecule has 29 atom stereocenters. The fraction of sp³-hybridized carbons (Fsp3) is 0.776. The molecular formula is C67H96N2O24. The standard InChI is InChI=1S/C67H96N2O24/c1-30-14-18-47(88-54-28-65(11,69(79)80)60(38(9)86-54)68-64(78)81-13)31(2)23-43-45(73)24-40(29-70)27-67(43)62(76)55(63(77)93-67)61(75)66(12)42(30)16-15-41-56(66)32(3)22-33(4)57(41)92-53-26-49(59(37(8)85-53)87-39(10)71)90-50-21-19-48(35(6)83-50)89-52-25-46(74)58(36(7)84-52)91-51-20-17-44(72)34(5)82-51/h14-16,23-24,29,32-38,41-54,56-60,72-75H,17-22,25-28H2,1-13H3,(H,68,78)/b30-14+,31-23+,61-55-/t32-,33-,34-,35-,36-,37-,38+,41-,42-,43+,44+,45-,46+,47-,48+,49+,50-,51-,52+,53-,54-,56+,57-,58-,59-,60-,65-,66+,67-/m0/s1. The Balaban J connectivity index is 0.904. The molecule has 93 heavy (non-hydrogen) atoms. The normalized spacial score (nSPS) is 48.2. The molecular weight excluding hydrogens is 1220 g/mol. The molecule has 4 aliphatic carbocycles. The lowest BCUT2D eigenvalue weighted by Gasteiger charge is -2.56. The highest BCUT2D eigenvalue weighted by molar-refractivity contribution is 6.26. The van der Waals surface area contributed by atoms with Crippen LogP contribution in [-0.2, 0) is 80.8 Å². The number of carbonyl (C=O) groups excluding carboxylic acids is 5. The average Bonchev–Trinajstić information content (AvgIpc) is 1.68. The number of ether oxygens (including phenoxy) is 13. The Bertz CT molecular complexity index is 2960. The maximum Gasteiger partial charge on any atom is 0.407 e. The van der Waals surface area contributed by atoms with Gasteiger partial charge < -0.3 is 87.3 Å². The van der Waals surface area contributed by atoms with Gasteiger partial charge in [0.2, 0.25) is 11.3 Å². The van der Waals surface area contributed by atoms with Crippen molar-refractivity contribution in [2.45, 2.75) is 281 Å². The summed E-state index contributed by atoms with van der Waals surface area (Å²) in [6, 6.07) is -1.12. The van der Waals surface area contributed by atoms with Gasteiger partial charge in [-0.3, -0.25) is 24.5 Å². The summed E-state index contributed by atoms with van der Waals surface area (Å²) in [5.74, 6) is -6.46. The molecule has 0 unspecified atom stereocenters. The molecule has 0 aromatic rings. The first-order chi connectivity index (χ1) is 43.9. The van der Waals surface area contributed by atoms with Crippen molar-refractivity contribution >= 4 is 30.1 Å². The second-order valence-corrected chi connectivity index (χ2v) is 28.2. The number of aldehydes is 1. The van der Waals surface area contributed by atoms with Crippen LogP contribution in [0.25, 0.3) is 0 Å². The van der Waals surface area contributed by atoms with Crippen LogP contribution in [0.3, 0.4) is 0 Å². The van der Waals surface area contributed by atoms with Crippen molar-refractivity contribution in [3.63, 3.8) is 0 Å². The maximum absolute atomic E-state index is 15.6. The number of allylic oxidation sites excluding steroid dienone is 3. The molecule has 26 heteroatoms. The second-order valence-electron chi connectivity index (χ2n) is 28.2. The summed E-state index contributed by atoms with van der Waals surface area (Å²) in [5, 5.41) is 62.0. The number of nitrogens with one attached hydrogen (secondary N) is 1. The minimum atomic E-state index is -2.20. The third kappa shape index (κ3) is 14.0. The van der Waals surface area contributed by atoms with Gasteiger partial charge in [-0.1, -0.05) is 50.6 Å². The van der Waals surface area contributed by atoms with E-state index in [-0.39, 0.29) is 43.1 Å². The van der Waals surface area contributed by atoms with E-state index in [9.17, 15) is 49.7 Å². The van der Waals surface area contributed by atoms with Crippen molar-refractivity contribution < 1.29 is 111 Å². The number of hydrogen-bond acceptors (Lipinski definition) is 24. The van der Waals surface area contributed by atoms with Gasteiger partial charge in [-0.2, -0.15) is 0 Å². The van der Waals surface area contributed by atoms with Crippen LogP contribution in [-0.4, -0.2) is 197 Å². The smallest absolute Gasteiger partial charge is 0.407 e. The molecule has 5 N–H and O–H groups in total. The third-order valence-electron chi connectivity index (χ3n) is 21.7. The van der Waals surface area contributed by atoms with Crippen LogP contribution in [0.15, 0.2) is 58.4 Å². The minimum absolute atomic E-state index is 0.00196. The Hall–Kier alpha value is -5.07. The Morgan fingerprint density at radius 2 is 1.35 bits per heavy atom. The van der Waals surface area contributed by atoms with E-state index in [1.165, 1.54) is 19.9 Å². The largest absolute Gasteiger partial charge is 0.511 e. The number of ketones is 1. The number of aliphatic hydroxyl groups excluding tert-OH is 4. The molecule has 0 aromatic carbocycles. The lowest BCUT2D eigenvalue weighted by atomic mass is 9.49. The monoisotopic (exact) mass is 1310 g/mol. The van der Waals surface area contributed by atoms with Crippen LogP contribution < -0.4 is 5.32 Å². The molecule has 1 amide bonds. The molecule has 2 bridgehead atoms. The Morgan fingerprint density at radius 3 is 2.01 bits per heavy atom. The maximum atomic E-state index is 15.6. The van der Waals surface area contributed by atoms with Gasteiger partial charge in [-0.05, 0) is 109 Å². The predicted molar refractivity (Wildman–Crippen MR) is 325 cm³/mol. The molecule has 1 saturated carbocycles. The van der Waals surface area contributed by atoms with E-state index in [0.29, 0.717) is 49.5 Å². The summed E-state index contributed by atoms with van der Waals surface area (Å²) in [5.41, 5.74) is -4.91. The molecule has 6 saturated heterocycles. The number of nitro groups is 1. The number of alkyl carbamates (subject to hydrolysis) is 1. The summed E-state index contributed by atoms with van der Waals surface area (Å²) in [7, 11) is 1.15. The van der Waals surface area contributed by atoms with E-state index in [4.69, 9.17) is 61.6 Å². The lowest BCUT2D eigenvalue weighted by Crippen LogP contribution is -2.65. The van der Waals surface area contributed by atoms with Crippen molar-refractivity contribution in [2.24, 2.45) is 40.9 Å². The number of amides is 1. The van der Waals surface area contributed by atoms with Crippen LogP contribution >= 0.6 is 0 Å². The predicted octanol–water partition coefficient (Wildman–Crippen LogP) is 6.36. The van der Waals surface area contributed by atoms with Crippen LogP contribution in [0.2, 0.25) is 0 Å². The second kappa shape index (κ2) is 28.2. The molecule has 7 fully saturated rings. The molecule has 10 aliphatic rings. The van der Waals surface area contributed by atoms with Crippen molar-refractivity contribution in [1.29, 1.82) is 0 Å². The first-order valence-corrected chi connectivity index (χ1v) is 33.1. The number of fused-ring (bicyclic) bond motifs is 4. The zero-order valence-electron chi connectivity index (χ0n) is 55.4. The molecule has 6 heterocycles. The van der Waals surface area contributed by atoms with Gasteiger partial charge >= 0.3 is 18.0 Å². The average molecular weight is 1310 g/mol. The van der Waals surface area contributed by atoms with Gasteiger partial charge in [-0.25, -0.2) is 9.59 Å². The Labute approximate surface area is 542 Å². The molecule has 10 rings (SSSR count). The van der Waals surface area contributed by atoms with Crippen molar-refractivity contribution in [2.75, 3.05) is 7.11 Å². The molecule has 0 aromatic heterocycles. The SMILES string of the molecule is COC(=O)N[C@H]1[C@@H](C)O[C@@H](O[C@H]2C/C=C(\C)[C@@H]3C=C[C@@H]4[C@@H](O[C@H]5C[C@@H](O[C@H]6CC[C@@H](O[C@@H]7C[C@@H](O)[C@@H](O[C@H]8CC[C@@H](O)[C@H](C)O8)[C@H](C)O7)[C@H](C)O6)[C@@H](OC(C)=O)[C@H](C)O5)[C@@H](C)C[C@H](C)[C@H]4[C@]3(C)/C(O)=C3/C(=O)O[C@]4(CC(C=O)=C[C@H](O)[C@H]4/C=C/2C)C3=O)C[C@]1(C)[N+](=O)[O-]. The van der Waals surface area contributed by atoms with E-state index >= 15 is 4.79 Å². The zero-order chi connectivity index (χ0) is 67.5. The summed E-state index contributed by atoms with van der Waals surface area (Å²) < 4.78 is 81.5.